The normalized spacial score (nSPS) is 10.8. The van der Waals surface area contributed by atoms with Crippen LogP contribution < -0.4 is 10.9 Å². The number of carbonyl (C=O) groups excluding carboxylic acids is 2. The Bertz CT molecular complexity index is 979. The summed E-state index contributed by atoms with van der Waals surface area (Å²) in [6.07, 6.45) is 1.01. The molecule has 0 bridgehead atoms. The molecule has 150 valence electrons. The second-order valence-electron chi connectivity index (χ2n) is 6.55. The minimum atomic E-state index is -0.639. The number of anilines is 1. The summed E-state index contributed by atoms with van der Waals surface area (Å²) < 4.78 is 6.12. The predicted molar refractivity (Wildman–Crippen MR) is 103 cm³/mol. The van der Waals surface area contributed by atoms with Crippen LogP contribution in [0.1, 0.15) is 34.8 Å². The number of ether oxygens (including phenoxy) is 1. The molecule has 0 saturated heterocycles. The highest BCUT2D eigenvalue weighted by Crippen LogP contribution is 2.23. The van der Waals surface area contributed by atoms with Crippen molar-refractivity contribution < 1.29 is 19.2 Å². The van der Waals surface area contributed by atoms with Gasteiger partial charge in [0, 0.05) is 11.6 Å². The minimum Gasteiger partial charge on any atom is -0.461 e. The molecule has 0 aliphatic rings. The smallest absolute Gasteiger partial charge is 0.350 e. The molecule has 1 amide bonds. The van der Waals surface area contributed by atoms with Crippen molar-refractivity contribution in [3.8, 4) is 0 Å². The maximum Gasteiger partial charge on any atom is 0.350 e. The van der Waals surface area contributed by atoms with Crippen molar-refractivity contribution in [2.45, 2.75) is 34.2 Å². The second kappa shape index (κ2) is 8.74. The number of hydrogen-bond donors (Lipinski definition) is 1. The molecule has 2 aromatic rings. The number of rotatable bonds is 7. The Kier molecular flexibility index (Phi) is 6.62. The van der Waals surface area contributed by atoms with E-state index < -0.39 is 28.9 Å². The number of thiazole rings is 1. The molecule has 0 aromatic carbocycles. The number of aryl methyl sites for hydroxylation is 2. The van der Waals surface area contributed by atoms with Gasteiger partial charge in [0.25, 0.3) is 11.2 Å². The zero-order valence-electron chi connectivity index (χ0n) is 15.8. The maximum absolute atomic E-state index is 12.2. The Hall–Kier alpha value is -3.08. The Balaban J connectivity index is 2.12. The number of aromatic nitrogens is 2. The summed E-state index contributed by atoms with van der Waals surface area (Å²) in [5.41, 5.74) is -0.223. The fourth-order valence-electron chi connectivity index (χ4n) is 2.24. The SMILES string of the molecule is Cc1nc(NC(=O)Cn2cc([N+](=O)[O-])cc(C)c2=O)sc1C(=O)OCC(C)C. The van der Waals surface area contributed by atoms with Crippen LogP contribution in [0.3, 0.4) is 0 Å². The summed E-state index contributed by atoms with van der Waals surface area (Å²) in [5, 5.41) is 13.6. The molecule has 0 fully saturated rings. The van der Waals surface area contributed by atoms with Gasteiger partial charge in [0.15, 0.2) is 5.13 Å². The highest BCUT2D eigenvalue weighted by molar-refractivity contribution is 7.17. The number of nitro groups is 1. The van der Waals surface area contributed by atoms with Crippen molar-refractivity contribution in [3.05, 3.63) is 48.9 Å². The van der Waals surface area contributed by atoms with E-state index in [1.165, 1.54) is 6.92 Å². The maximum atomic E-state index is 12.2. The number of esters is 1. The third-order valence-corrected chi connectivity index (χ3v) is 4.60. The van der Waals surface area contributed by atoms with Crippen LogP contribution >= 0.6 is 11.3 Å². The van der Waals surface area contributed by atoms with E-state index in [9.17, 15) is 24.5 Å². The van der Waals surface area contributed by atoms with Gasteiger partial charge < -0.3 is 10.1 Å². The lowest BCUT2D eigenvalue weighted by Crippen LogP contribution is -2.28. The van der Waals surface area contributed by atoms with Crippen LogP contribution in [0.5, 0.6) is 0 Å². The van der Waals surface area contributed by atoms with E-state index in [1.807, 2.05) is 13.8 Å². The molecule has 0 radical (unpaired) electrons. The molecule has 0 spiro atoms. The zero-order chi connectivity index (χ0) is 21.0. The van der Waals surface area contributed by atoms with Gasteiger partial charge in [0.1, 0.15) is 11.4 Å². The standard InChI is InChI=1S/C17H20N4O6S/c1-9(2)8-27-16(24)14-11(4)18-17(28-14)19-13(22)7-20-6-12(21(25)26)5-10(3)15(20)23/h5-6,9H,7-8H2,1-4H3,(H,18,19,22). The van der Waals surface area contributed by atoms with Gasteiger partial charge in [-0.25, -0.2) is 9.78 Å². The Labute approximate surface area is 164 Å². The van der Waals surface area contributed by atoms with Crippen LogP contribution in [0.15, 0.2) is 17.1 Å². The molecule has 11 heteroatoms. The first-order valence-electron chi connectivity index (χ1n) is 8.38. The molecule has 0 aliphatic carbocycles. The van der Waals surface area contributed by atoms with E-state index in [2.05, 4.69) is 10.3 Å². The van der Waals surface area contributed by atoms with Crippen molar-refractivity contribution in [1.29, 1.82) is 0 Å². The lowest BCUT2D eigenvalue weighted by molar-refractivity contribution is -0.385. The van der Waals surface area contributed by atoms with Gasteiger partial charge in [-0.3, -0.25) is 24.3 Å². The number of nitrogens with one attached hydrogen (secondary N) is 1. The predicted octanol–water partition coefficient (Wildman–Crippen LogP) is 2.28. The van der Waals surface area contributed by atoms with Crippen molar-refractivity contribution in [3.63, 3.8) is 0 Å². The minimum absolute atomic E-state index is 0.155. The largest absolute Gasteiger partial charge is 0.461 e. The molecule has 0 aliphatic heterocycles. The molecule has 0 saturated carbocycles. The molecule has 0 atom stereocenters. The average Bonchev–Trinajstić information content (AvgIpc) is 2.96. The molecule has 2 heterocycles. The number of pyridine rings is 1. The number of amides is 1. The molecule has 2 aromatic heterocycles. The van der Waals surface area contributed by atoms with Gasteiger partial charge in [-0.05, 0) is 19.8 Å². The molecule has 2 rings (SSSR count). The summed E-state index contributed by atoms with van der Waals surface area (Å²) in [6, 6.07) is 1.15. The molecule has 0 unspecified atom stereocenters. The van der Waals surface area contributed by atoms with Gasteiger partial charge in [0.05, 0.1) is 23.4 Å². The summed E-state index contributed by atoms with van der Waals surface area (Å²) in [7, 11) is 0. The molecular formula is C17H20N4O6S. The van der Waals surface area contributed by atoms with Crippen molar-refractivity contribution in [2.24, 2.45) is 5.92 Å². The summed E-state index contributed by atoms with van der Waals surface area (Å²) >= 11 is 0.960. The van der Waals surface area contributed by atoms with Gasteiger partial charge in [-0.15, -0.1) is 0 Å². The number of carbonyl (C=O) groups is 2. The Morgan fingerprint density at radius 1 is 1.39 bits per heavy atom. The van der Waals surface area contributed by atoms with Crippen LogP contribution in [-0.2, 0) is 16.1 Å². The van der Waals surface area contributed by atoms with Crippen molar-refractivity contribution >= 4 is 34.0 Å². The lowest BCUT2D eigenvalue weighted by Gasteiger charge is -2.06. The monoisotopic (exact) mass is 408 g/mol. The molecular weight excluding hydrogens is 388 g/mol. The van der Waals surface area contributed by atoms with Crippen LogP contribution in [0.25, 0.3) is 0 Å². The second-order valence-corrected chi connectivity index (χ2v) is 7.54. The summed E-state index contributed by atoms with van der Waals surface area (Å²) in [6.45, 7) is 6.72. The van der Waals surface area contributed by atoms with Gasteiger partial charge in [-0.2, -0.15) is 0 Å². The summed E-state index contributed by atoms with van der Waals surface area (Å²) in [4.78, 5) is 51.1. The quantitative estimate of drug-likeness (QED) is 0.422. The van der Waals surface area contributed by atoms with Crippen LogP contribution in [0, 0.1) is 29.9 Å². The van der Waals surface area contributed by atoms with E-state index in [0.717, 1.165) is 28.2 Å². The highest BCUT2D eigenvalue weighted by atomic mass is 32.1. The number of nitrogens with zero attached hydrogens (tertiary/aromatic N) is 3. The van der Waals surface area contributed by atoms with Gasteiger partial charge in [-0.1, -0.05) is 25.2 Å². The first-order valence-corrected chi connectivity index (χ1v) is 9.20. The van der Waals surface area contributed by atoms with Crippen molar-refractivity contribution in [1.82, 2.24) is 9.55 Å². The fourth-order valence-corrected chi connectivity index (χ4v) is 3.12. The highest BCUT2D eigenvalue weighted by Gasteiger charge is 2.19. The number of hydrogen-bond acceptors (Lipinski definition) is 8. The van der Waals surface area contributed by atoms with E-state index in [0.29, 0.717) is 5.69 Å². The third kappa shape index (κ3) is 5.22. The average molecular weight is 408 g/mol. The van der Waals surface area contributed by atoms with Crippen LogP contribution in [0.4, 0.5) is 10.8 Å². The van der Waals surface area contributed by atoms with Crippen molar-refractivity contribution in [2.75, 3.05) is 11.9 Å². The first-order chi connectivity index (χ1) is 13.1. The lowest BCUT2D eigenvalue weighted by atomic mass is 10.2. The van der Waals surface area contributed by atoms with E-state index in [4.69, 9.17) is 4.74 Å². The van der Waals surface area contributed by atoms with Crippen LogP contribution in [0.2, 0.25) is 0 Å². The Morgan fingerprint density at radius 2 is 2.07 bits per heavy atom. The summed E-state index contributed by atoms with van der Waals surface area (Å²) in [5.74, 6) is -0.930. The van der Waals surface area contributed by atoms with Gasteiger partial charge >= 0.3 is 5.97 Å². The van der Waals surface area contributed by atoms with Gasteiger partial charge in [0.2, 0.25) is 5.91 Å². The van der Waals surface area contributed by atoms with E-state index >= 15 is 0 Å². The molecule has 28 heavy (non-hydrogen) atoms. The molecule has 1 N–H and O–H groups in total. The third-order valence-electron chi connectivity index (χ3n) is 3.55. The first kappa shape index (κ1) is 21.2. The topological polar surface area (TPSA) is 133 Å². The molecule has 10 nitrogen and oxygen atoms in total. The van der Waals surface area contributed by atoms with E-state index in [1.54, 1.807) is 6.92 Å². The zero-order valence-corrected chi connectivity index (χ0v) is 16.7. The van der Waals surface area contributed by atoms with E-state index in [-0.39, 0.29) is 33.8 Å². The Morgan fingerprint density at radius 3 is 2.68 bits per heavy atom. The van der Waals surface area contributed by atoms with Crippen LogP contribution in [-0.4, -0.2) is 33.0 Å². The fraction of sp³-hybridized carbons (Fsp3) is 0.412.